The summed E-state index contributed by atoms with van der Waals surface area (Å²) in [5.74, 6) is 1.54. The zero-order valence-electron chi connectivity index (χ0n) is 9.94. The van der Waals surface area contributed by atoms with E-state index in [4.69, 9.17) is 0 Å². The predicted octanol–water partition coefficient (Wildman–Crippen LogP) is 1.54. The van der Waals surface area contributed by atoms with Crippen molar-refractivity contribution in [3.63, 3.8) is 0 Å². The Bertz CT molecular complexity index is 515. The molecule has 5 nitrogen and oxygen atoms in total. The minimum Gasteiger partial charge on any atom is -0.373 e. The first-order valence-corrected chi connectivity index (χ1v) is 5.14. The molecule has 0 aromatic carbocycles. The van der Waals surface area contributed by atoms with Crippen LogP contribution in [0, 0.1) is 13.8 Å². The minimum absolute atomic E-state index is 0.718. The Hall–Kier alpha value is -1.91. The predicted molar refractivity (Wildman–Crippen MR) is 63.3 cm³/mol. The van der Waals surface area contributed by atoms with Crippen molar-refractivity contribution < 1.29 is 0 Å². The molecule has 16 heavy (non-hydrogen) atoms. The number of aromatic nitrogens is 4. The van der Waals surface area contributed by atoms with Crippen molar-refractivity contribution in [2.75, 3.05) is 12.4 Å². The smallest absolute Gasteiger partial charge is 0.165 e. The van der Waals surface area contributed by atoms with E-state index in [2.05, 4.69) is 20.4 Å². The molecule has 5 heteroatoms. The second-order valence-electron chi connectivity index (χ2n) is 3.74. The fourth-order valence-electron chi connectivity index (χ4n) is 1.54. The molecule has 2 aromatic rings. The highest BCUT2D eigenvalue weighted by molar-refractivity contribution is 5.59. The van der Waals surface area contributed by atoms with Crippen LogP contribution in [-0.2, 0) is 7.05 Å². The summed E-state index contributed by atoms with van der Waals surface area (Å²) in [5.41, 5.74) is 2.98. The molecular formula is C11H15N5. The molecule has 2 aromatic heterocycles. The lowest BCUT2D eigenvalue weighted by Crippen LogP contribution is -1.99. The van der Waals surface area contributed by atoms with Crippen molar-refractivity contribution in [1.82, 2.24) is 19.7 Å². The van der Waals surface area contributed by atoms with Gasteiger partial charge >= 0.3 is 0 Å². The van der Waals surface area contributed by atoms with Crippen molar-refractivity contribution in [2.24, 2.45) is 7.05 Å². The van der Waals surface area contributed by atoms with E-state index < -0.39 is 0 Å². The van der Waals surface area contributed by atoms with Gasteiger partial charge in [-0.2, -0.15) is 5.10 Å². The third kappa shape index (κ3) is 1.76. The maximum atomic E-state index is 4.42. The van der Waals surface area contributed by atoms with Gasteiger partial charge in [-0.15, -0.1) is 0 Å². The summed E-state index contributed by atoms with van der Waals surface area (Å²) in [6.07, 6.45) is 1.80. The highest BCUT2D eigenvalue weighted by atomic mass is 15.3. The molecule has 0 unspecified atom stereocenters. The normalized spacial score (nSPS) is 10.5. The molecule has 0 radical (unpaired) electrons. The van der Waals surface area contributed by atoms with Gasteiger partial charge in [-0.3, -0.25) is 4.68 Å². The first kappa shape index (κ1) is 10.6. The van der Waals surface area contributed by atoms with E-state index >= 15 is 0 Å². The fraction of sp³-hybridized carbons (Fsp3) is 0.364. The van der Waals surface area contributed by atoms with E-state index in [1.807, 2.05) is 38.7 Å². The van der Waals surface area contributed by atoms with E-state index in [1.54, 1.807) is 6.20 Å². The van der Waals surface area contributed by atoms with Crippen LogP contribution in [0.1, 0.15) is 11.4 Å². The van der Waals surface area contributed by atoms with Crippen LogP contribution in [0.4, 0.5) is 5.82 Å². The Labute approximate surface area is 94.5 Å². The second-order valence-corrected chi connectivity index (χ2v) is 3.74. The molecule has 0 bridgehead atoms. The molecule has 0 aliphatic rings. The van der Waals surface area contributed by atoms with Crippen LogP contribution in [0.3, 0.4) is 0 Å². The van der Waals surface area contributed by atoms with E-state index in [0.717, 1.165) is 28.6 Å². The summed E-state index contributed by atoms with van der Waals surface area (Å²) in [4.78, 5) is 8.84. The number of hydrogen-bond donors (Lipinski definition) is 1. The van der Waals surface area contributed by atoms with Gasteiger partial charge in [0, 0.05) is 31.5 Å². The molecule has 0 amide bonds. The fourth-order valence-corrected chi connectivity index (χ4v) is 1.54. The van der Waals surface area contributed by atoms with Crippen molar-refractivity contribution in [2.45, 2.75) is 13.8 Å². The number of rotatable bonds is 2. The summed E-state index contributed by atoms with van der Waals surface area (Å²) in [6.45, 7) is 3.96. The van der Waals surface area contributed by atoms with Crippen molar-refractivity contribution in [3.05, 3.63) is 23.7 Å². The maximum Gasteiger partial charge on any atom is 0.165 e. The number of hydrogen-bond acceptors (Lipinski definition) is 4. The first-order valence-electron chi connectivity index (χ1n) is 5.14. The van der Waals surface area contributed by atoms with Crippen LogP contribution in [0.5, 0.6) is 0 Å². The lowest BCUT2D eigenvalue weighted by Gasteiger charge is -2.04. The summed E-state index contributed by atoms with van der Waals surface area (Å²) in [5, 5.41) is 7.22. The molecule has 0 aliphatic carbocycles. The Morgan fingerprint density at radius 2 is 2.00 bits per heavy atom. The zero-order valence-corrected chi connectivity index (χ0v) is 9.94. The molecular weight excluding hydrogens is 202 g/mol. The Morgan fingerprint density at radius 3 is 2.56 bits per heavy atom. The van der Waals surface area contributed by atoms with Crippen molar-refractivity contribution >= 4 is 5.82 Å². The van der Waals surface area contributed by atoms with E-state index in [0.29, 0.717) is 0 Å². The van der Waals surface area contributed by atoms with Gasteiger partial charge in [-0.1, -0.05) is 0 Å². The SMILES string of the molecule is CNc1cc(C)nc(-c2cnn(C)c2C)n1. The third-order valence-electron chi connectivity index (χ3n) is 2.59. The van der Waals surface area contributed by atoms with Crippen LogP contribution in [0.25, 0.3) is 11.4 Å². The highest BCUT2D eigenvalue weighted by Crippen LogP contribution is 2.20. The molecule has 84 valence electrons. The molecule has 0 fully saturated rings. The highest BCUT2D eigenvalue weighted by Gasteiger charge is 2.10. The van der Waals surface area contributed by atoms with Gasteiger partial charge in [0.05, 0.1) is 11.8 Å². The van der Waals surface area contributed by atoms with Gasteiger partial charge in [0.1, 0.15) is 5.82 Å². The second kappa shape index (κ2) is 3.92. The maximum absolute atomic E-state index is 4.42. The number of nitrogens with zero attached hydrogens (tertiary/aromatic N) is 4. The van der Waals surface area contributed by atoms with Crippen molar-refractivity contribution in [3.8, 4) is 11.4 Å². The third-order valence-corrected chi connectivity index (χ3v) is 2.59. The molecule has 2 heterocycles. The number of nitrogens with one attached hydrogen (secondary N) is 1. The topological polar surface area (TPSA) is 55.6 Å². The average Bonchev–Trinajstić information content (AvgIpc) is 2.59. The van der Waals surface area contributed by atoms with Gasteiger partial charge in [0.2, 0.25) is 0 Å². The van der Waals surface area contributed by atoms with Crippen molar-refractivity contribution in [1.29, 1.82) is 0 Å². The van der Waals surface area contributed by atoms with Crippen LogP contribution < -0.4 is 5.32 Å². The monoisotopic (exact) mass is 217 g/mol. The molecule has 2 rings (SSSR count). The molecule has 0 saturated carbocycles. The molecule has 0 spiro atoms. The Morgan fingerprint density at radius 1 is 1.25 bits per heavy atom. The number of aryl methyl sites for hydroxylation is 2. The largest absolute Gasteiger partial charge is 0.373 e. The molecule has 0 aliphatic heterocycles. The summed E-state index contributed by atoms with van der Waals surface area (Å²) >= 11 is 0. The van der Waals surface area contributed by atoms with Crippen LogP contribution >= 0.6 is 0 Å². The van der Waals surface area contributed by atoms with Gasteiger partial charge in [-0.25, -0.2) is 9.97 Å². The van der Waals surface area contributed by atoms with Crippen LogP contribution in [0.2, 0.25) is 0 Å². The Kier molecular flexibility index (Phi) is 2.60. The van der Waals surface area contributed by atoms with Gasteiger partial charge in [0.25, 0.3) is 0 Å². The molecule has 1 N–H and O–H groups in total. The molecule has 0 saturated heterocycles. The quantitative estimate of drug-likeness (QED) is 0.829. The first-order chi connectivity index (χ1) is 7.61. The lowest BCUT2D eigenvalue weighted by molar-refractivity contribution is 0.740. The van der Waals surface area contributed by atoms with Crippen LogP contribution in [0.15, 0.2) is 12.3 Å². The summed E-state index contributed by atoms with van der Waals surface area (Å²) in [6, 6.07) is 1.91. The zero-order chi connectivity index (χ0) is 11.7. The minimum atomic E-state index is 0.718. The van der Waals surface area contributed by atoms with Gasteiger partial charge in [0.15, 0.2) is 5.82 Å². The summed E-state index contributed by atoms with van der Waals surface area (Å²) in [7, 11) is 3.76. The summed E-state index contributed by atoms with van der Waals surface area (Å²) < 4.78 is 1.82. The van der Waals surface area contributed by atoms with Gasteiger partial charge < -0.3 is 5.32 Å². The standard InChI is InChI=1S/C11H15N5/c1-7-5-10(12-3)15-11(14-7)9-6-13-16(4)8(9)2/h5-6H,1-4H3,(H,12,14,15). The lowest BCUT2D eigenvalue weighted by atomic mass is 10.2. The van der Waals surface area contributed by atoms with E-state index in [1.165, 1.54) is 0 Å². The van der Waals surface area contributed by atoms with E-state index in [-0.39, 0.29) is 0 Å². The van der Waals surface area contributed by atoms with E-state index in [9.17, 15) is 0 Å². The Balaban J connectivity index is 2.55. The number of anilines is 1. The average molecular weight is 217 g/mol. The van der Waals surface area contributed by atoms with Gasteiger partial charge in [-0.05, 0) is 13.8 Å². The van der Waals surface area contributed by atoms with Crippen LogP contribution in [-0.4, -0.2) is 26.8 Å². The molecule has 0 atom stereocenters.